The molecule has 9 nitrogen and oxygen atoms in total. The molecule has 0 radical (unpaired) electrons. The smallest absolute Gasteiger partial charge is 0.338 e. The molecule has 1 aromatic heterocycles. The number of hydrogen-bond donors (Lipinski definition) is 2. The first-order valence-corrected chi connectivity index (χ1v) is 8.36. The van der Waals surface area contributed by atoms with Crippen molar-refractivity contribution in [2.24, 2.45) is 10.2 Å². The Bertz CT molecular complexity index is 786. The van der Waals surface area contributed by atoms with Crippen LogP contribution in [0.1, 0.15) is 31.1 Å². The van der Waals surface area contributed by atoms with E-state index in [9.17, 15) is 4.79 Å². The summed E-state index contributed by atoms with van der Waals surface area (Å²) in [5.41, 5.74) is 13.0. The zero-order valence-corrected chi connectivity index (χ0v) is 15.1. The van der Waals surface area contributed by atoms with Gasteiger partial charge in [-0.2, -0.15) is 15.1 Å². The molecule has 0 saturated carbocycles. The van der Waals surface area contributed by atoms with Crippen LogP contribution in [0.4, 0.5) is 29.0 Å². The Labute approximate surface area is 152 Å². The minimum Gasteiger partial charge on any atom is -0.462 e. The zero-order chi connectivity index (χ0) is 19.1. The molecule has 2 aromatic rings. The second-order valence-corrected chi connectivity index (χ2v) is 5.28. The molecule has 1 aromatic carbocycles. The van der Waals surface area contributed by atoms with Gasteiger partial charge in [-0.25, -0.2) is 4.79 Å². The Morgan fingerprint density at radius 3 is 2.31 bits per heavy atom. The van der Waals surface area contributed by atoms with Crippen molar-refractivity contribution < 1.29 is 9.53 Å². The molecule has 1 heterocycles. The quantitative estimate of drug-likeness (QED) is 0.574. The van der Waals surface area contributed by atoms with E-state index in [4.69, 9.17) is 16.2 Å². The third kappa shape index (κ3) is 4.44. The SMILES string of the molecule is CCOC(=O)c1ccc(N=Nc2c(N)nc(N)nc2N(CC)CC)cc1. The minimum absolute atomic E-state index is 0.0853. The lowest BCUT2D eigenvalue weighted by molar-refractivity contribution is 0.0526. The fourth-order valence-corrected chi connectivity index (χ4v) is 2.30. The van der Waals surface area contributed by atoms with Crippen LogP contribution in [0.25, 0.3) is 0 Å². The topological polar surface area (TPSA) is 132 Å². The molecule has 0 fully saturated rings. The molecule has 9 heteroatoms. The molecule has 26 heavy (non-hydrogen) atoms. The number of ether oxygens (including phenoxy) is 1. The van der Waals surface area contributed by atoms with Gasteiger partial charge < -0.3 is 21.1 Å². The van der Waals surface area contributed by atoms with Crippen molar-refractivity contribution in [3.8, 4) is 0 Å². The van der Waals surface area contributed by atoms with Crippen molar-refractivity contribution in [3.63, 3.8) is 0 Å². The Morgan fingerprint density at radius 2 is 1.73 bits per heavy atom. The second-order valence-electron chi connectivity index (χ2n) is 5.28. The summed E-state index contributed by atoms with van der Waals surface area (Å²) < 4.78 is 4.95. The molecule has 0 spiro atoms. The van der Waals surface area contributed by atoms with E-state index in [1.165, 1.54) is 0 Å². The second kappa shape index (κ2) is 8.75. The van der Waals surface area contributed by atoms with Gasteiger partial charge in [0, 0.05) is 13.1 Å². The minimum atomic E-state index is -0.379. The molecule has 0 aliphatic carbocycles. The van der Waals surface area contributed by atoms with Crippen molar-refractivity contribution in [2.45, 2.75) is 20.8 Å². The van der Waals surface area contributed by atoms with Crippen molar-refractivity contribution in [3.05, 3.63) is 29.8 Å². The lowest BCUT2D eigenvalue weighted by Gasteiger charge is -2.21. The van der Waals surface area contributed by atoms with Crippen LogP contribution in [0.5, 0.6) is 0 Å². The third-order valence-corrected chi connectivity index (χ3v) is 3.62. The standard InChI is InChI=1S/C17H23N7O2/c1-4-24(5-2)15-13(14(18)20-17(19)21-15)23-22-12-9-7-11(8-10-12)16(25)26-6-3/h7-10H,4-6H2,1-3H3,(H4,18,19,20,21). The normalized spacial score (nSPS) is 10.9. The highest BCUT2D eigenvalue weighted by atomic mass is 16.5. The number of carbonyl (C=O) groups excluding carboxylic acids is 1. The average Bonchev–Trinajstić information content (AvgIpc) is 2.62. The van der Waals surface area contributed by atoms with Crippen LogP contribution in [0.15, 0.2) is 34.5 Å². The van der Waals surface area contributed by atoms with E-state index < -0.39 is 0 Å². The molecular weight excluding hydrogens is 334 g/mol. The number of nitrogens with zero attached hydrogens (tertiary/aromatic N) is 5. The van der Waals surface area contributed by atoms with E-state index in [0.29, 0.717) is 42.5 Å². The van der Waals surface area contributed by atoms with Gasteiger partial charge in [0.25, 0.3) is 0 Å². The molecule has 0 amide bonds. The number of aromatic nitrogens is 2. The Morgan fingerprint density at radius 1 is 1.08 bits per heavy atom. The van der Waals surface area contributed by atoms with Crippen molar-refractivity contribution in [1.82, 2.24) is 9.97 Å². The zero-order valence-electron chi connectivity index (χ0n) is 15.1. The van der Waals surface area contributed by atoms with E-state index in [1.54, 1.807) is 31.2 Å². The van der Waals surface area contributed by atoms with Gasteiger partial charge in [0.1, 0.15) is 0 Å². The van der Waals surface area contributed by atoms with Crippen molar-refractivity contribution in [1.29, 1.82) is 0 Å². The van der Waals surface area contributed by atoms with Crippen LogP contribution in [0.2, 0.25) is 0 Å². The van der Waals surface area contributed by atoms with Crippen LogP contribution in [-0.4, -0.2) is 35.6 Å². The Kier molecular flexibility index (Phi) is 6.42. The lowest BCUT2D eigenvalue weighted by atomic mass is 10.2. The summed E-state index contributed by atoms with van der Waals surface area (Å²) >= 11 is 0. The fraction of sp³-hybridized carbons (Fsp3) is 0.353. The highest BCUT2D eigenvalue weighted by molar-refractivity contribution is 5.89. The van der Waals surface area contributed by atoms with Gasteiger partial charge in [0.2, 0.25) is 5.95 Å². The van der Waals surface area contributed by atoms with E-state index in [-0.39, 0.29) is 17.7 Å². The van der Waals surface area contributed by atoms with E-state index in [2.05, 4.69) is 20.2 Å². The van der Waals surface area contributed by atoms with Crippen molar-refractivity contribution in [2.75, 3.05) is 36.1 Å². The number of azo groups is 1. The first-order valence-electron chi connectivity index (χ1n) is 8.36. The molecule has 0 aliphatic rings. The maximum atomic E-state index is 11.7. The molecule has 0 atom stereocenters. The molecule has 138 valence electrons. The van der Waals surface area contributed by atoms with Crippen LogP contribution < -0.4 is 16.4 Å². The third-order valence-electron chi connectivity index (χ3n) is 3.62. The molecule has 0 saturated heterocycles. The number of anilines is 3. The fourth-order valence-electron chi connectivity index (χ4n) is 2.30. The number of nitrogen functional groups attached to an aromatic ring is 2. The molecular formula is C17H23N7O2. The Hall–Kier alpha value is -3.23. The van der Waals surface area contributed by atoms with Crippen LogP contribution in [-0.2, 0) is 4.74 Å². The summed E-state index contributed by atoms with van der Waals surface area (Å²) in [7, 11) is 0. The molecule has 0 unspecified atom stereocenters. The predicted molar refractivity (Wildman–Crippen MR) is 101 cm³/mol. The first kappa shape index (κ1) is 19.1. The van der Waals surface area contributed by atoms with E-state index in [0.717, 1.165) is 0 Å². The highest BCUT2D eigenvalue weighted by Crippen LogP contribution is 2.33. The van der Waals surface area contributed by atoms with Gasteiger partial charge in [-0.05, 0) is 45.0 Å². The predicted octanol–water partition coefficient (Wildman–Crippen LogP) is 3.08. The van der Waals surface area contributed by atoms with Crippen LogP contribution >= 0.6 is 0 Å². The van der Waals surface area contributed by atoms with Crippen molar-refractivity contribution >= 4 is 34.9 Å². The highest BCUT2D eigenvalue weighted by Gasteiger charge is 2.16. The number of rotatable bonds is 7. The lowest BCUT2D eigenvalue weighted by Crippen LogP contribution is -2.24. The number of hydrogen-bond acceptors (Lipinski definition) is 9. The largest absolute Gasteiger partial charge is 0.462 e. The summed E-state index contributed by atoms with van der Waals surface area (Å²) in [5.74, 6) is 0.399. The van der Waals surface area contributed by atoms with Gasteiger partial charge in [-0.15, -0.1) is 5.11 Å². The summed E-state index contributed by atoms with van der Waals surface area (Å²) in [6.45, 7) is 7.49. The number of esters is 1. The van der Waals surface area contributed by atoms with Crippen LogP contribution in [0.3, 0.4) is 0 Å². The monoisotopic (exact) mass is 357 g/mol. The molecule has 0 bridgehead atoms. The van der Waals surface area contributed by atoms with Gasteiger partial charge in [-0.1, -0.05) is 0 Å². The van der Waals surface area contributed by atoms with Gasteiger partial charge >= 0.3 is 5.97 Å². The number of nitrogens with two attached hydrogens (primary N) is 2. The number of benzene rings is 1. The maximum Gasteiger partial charge on any atom is 0.338 e. The van der Waals surface area contributed by atoms with Crippen LogP contribution in [0, 0.1) is 0 Å². The van der Waals surface area contributed by atoms with Gasteiger partial charge in [-0.3, -0.25) is 0 Å². The first-order chi connectivity index (χ1) is 12.5. The van der Waals surface area contributed by atoms with E-state index in [1.807, 2.05) is 18.7 Å². The maximum absolute atomic E-state index is 11.7. The summed E-state index contributed by atoms with van der Waals surface area (Å²) in [6, 6.07) is 6.59. The van der Waals surface area contributed by atoms with Gasteiger partial charge in [0.05, 0.1) is 17.9 Å². The summed E-state index contributed by atoms with van der Waals surface area (Å²) in [5, 5.41) is 8.38. The molecule has 2 rings (SSSR count). The summed E-state index contributed by atoms with van der Waals surface area (Å²) in [6.07, 6.45) is 0. The van der Waals surface area contributed by atoms with Gasteiger partial charge in [0.15, 0.2) is 17.3 Å². The Balaban J connectivity index is 2.31. The number of carbonyl (C=O) groups is 1. The molecule has 0 aliphatic heterocycles. The average molecular weight is 357 g/mol. The molecule has 4 N–H and O–H groups in total. The van der Waals surface area contributed by atoms with E-state index >= 15 is 0 Å². The summed E-state index contributed by atoms with van der Waals surface area (Å²) in [4.78, 5) is 21.8.